The summed E-state index contributed by atoms with van der Waals surface area (Å²) >= 11 is 0. The van der Waals surface area contributed by atoms with E-state index in [1.165, 1.54) is 14.7 Å². The quantitative estimate of drug-likeness (QED) is 0.136. The number of nitrogens with zero attached hydrogens (tertiary/aromatic N) is 4. The van der Waals surface area contributed by atoms with E-state index in [1.54, 1.807) is 5.32 Å². The van der Waals surface area contributed by atoms with Crippen LogP contribution in [0, 0.1) is 69.0 Å². The molecule has 0 spiro atoms. The van der Waals surface area contributed by atoms with Crippen molar-refractivity contribution in [3.8, 4) is 0 Å². The largest absolute Gasteiger partial charge is 0.549 e. The third-order valence-corrected chi connectivity index (χ3v) is 6.01. The molecule has 1 saturated heterocycles. The molecule has 0 saturated carbocycles. The van der Waals surface area contributed by atoms with Gasteiger partial charge in [0.1, 0.15) is 11.9 Å². The minimum Gasteiger partial charge on any atom is -0.549 e. The number of hydrogen-bond acceptors (Lipinski definition) is 13. The Morgan fingerprint density at radius 3 is 1.17 bits per heavy atom. The number of anilines is 1. The fourth-order valence-electron chi connectivity index (χ4n) is 4.00. The van der Waals surface area contributed by atoms with E-state index < -0.39 is 97.5 Å². The molecule has 1 aliphatic heterocycles. The van der Waals surface area contributed by atoms with Gasteiger partial charge in [-0.1, -0.05) is 0 Å². The van der Waals surface area contributed by atoms with Crippen LogP contribution in [0.2, 0.25) is 0 Å². The number of carbonyl (C=O) groups is 4. The van der Waals surface area contributed by atoms with Crippen molar-refractivity contribution in [1.29, 1.82) is 0 Å². The summed E-state index contributed by atoms with van der Waals surface area (Å²) in [4.78, 5) is 50.3. The molecule has 1 N–H and O–H groups in total. The van der Waals surface area contributed by atoms with Crippen LogP contribution in [0.15, 0.2) is 0 Å². The van der Waals surface area contributed by atoms with Gasteiger partial charge in [0.2, 0.25) is 5.82 Å². The Morgan fingerprint density at radius 1 is 0.585 bits per heavy atom. The molecule has 13 nitrogen and oxygen atoms in total. The number of carboxylic acids is 4. The van der Waals surface area contributed by atoms with Crippen molar-refractivity contribution in [3.05, 3.63) is 29.1 Å². The maximum atomic E-state index is 14.3. The number of hydrogen-bond donors (Lipinski definition) is 1. The van der Waals surface area contributed by atoms with Crippen LogP contribution in [0.5, 0.6) is 0 Å². The van der Waals surface area contributed by atoms with Crippen molar-refractivity contribution in [3.63, 3.8) is 0 Å². The van der Waals surface area contributed by atoms with Crippen LogP contribution in [0.3, 0.4) is 0 Å². The van der Waals surface area contributed by atoms with E-state index in [0.29, 0.717) is 0 Å². The van der Waals surface area contributed by atoms with E-state index in [1.807, 2.05) is 0 Å². The van der Waals surface area contributed by atoms with Crippen molar-refractivity contribution in [2.75, 3.05) is 77.3 Å². The normalized spacial score (nSPS) is 17.5. The van der Waals surface area contributed by atoms with Gasteiger partial charge < -0.3 is 44.9 Å². The number of nitrogens with one attached hydrogen (secondary N) is 1. The third-order valence-electron chi connectivity index (χ3n) is 6.01. The predicted molar refractivity (Wildman–Crippen MR) is 115 cm³/mol. The fourth-order valence-corrected chi connectivity index (χ4v) is 4.00. The second kappa shape index (κ2) is 17.0. The van der Waals surface area contributed by atoms with Crippen molar-refractivity contribution in [1.82, 2.24) is 19.6 Å². The summed E-state index contributed by atoms with van der Waals surface area (Å²) < 4.78 is 69.4. The summed E-state index contributed by atoms with van der Waals surface area (Å²) in [5, 5.41) is 47.3. The van der Waals surface area contributed by atoms with E-state index in [0.717, 1.165) is 4.90 Å². The zero-order chi connectivity index (χ0) is 30.1. The fraction of sp³-hybridized carbons (Fsp3) is 0.545. The number of aliphatic carboxylic acids is 4. The van der Waals surface area contributed by atoms with Gasteiger partial charge >= 0.3 is 0 Å². The molecule has 1 aliphatic rings. The van der Waals surface area contributed by atoms with Gasteiger partial charge in [0, 0.05) is 112 Å². The van der Waals surface area contributed by atoms with Gasteiger partial charge in [-0.15, -0.1) is 0 Å². The molecule has 1 atom stereocenters. The molecule has 1 fully saturated rings. The average Bonchev–Trinajstić information content (AvgIpc) is 2.86. The van der Waals surface area contributed by atoms with E-state index in [9.17, 15) is 61.6 Å². The van der Waals surface area contributed by atoms with Crippen LogP contribution in [0.4, 0.5) is 27.6 Å². The number of carbonyl (C=O) groups excluding carboxylic acids is 4. The summed E-state index contributed by atoms with van der Waals surface area (Å²) in [7, 11) is 0. The van der Waals surface area contributed by atoms with Crippen LogP contribution >= 0.6 is 0 Å². The molecule has 1 unspecified atom stereocenters. The van der Waals surface area contributed by atoms with Crippen LogP contribution < -0.4 is 25.7 Å². The first kappa shape index (κ1) is 36.7. The van der Waals surface area contributed by atoms with Gasteiger partial charge in [0.05, 0.1) is 23.9 Å². The zero-order valence-electron chi connectivity index (χ0n) is 21.2. The van der Waals surface area contributed by atoms with Gasteiger partial charge in [0.25, 0.3) is 0 Å². The molecular formula is C22H24F5GdN5O8-4. The van der Waals surface area contributed by atoms with Crippen molar-refractivity contribution < 1.29 is 101 Å². The molecular weight excluding hydrogens is 715 g/mol. The summed E-state index contributed by atoms with van der Waals surface area (Å²) in [6.07, 6.45) is -2.24. The SMILES string of the molecule is O=C([O-])CN1CCN(CC(=O)[O-])CCN(C(Nc2c(F)c(F)c(F)c(F)c2F)C(=O)[O-])CCN(CC(=O)[O-])CC1.[Gd]. The van der Waals surface area contributed by atoms with E-state index in [-0.39, 0.29) is 79.2 Å². The first-order chi connectivity index (χ1) is 18.7. The van der Waals surface area contributed by atoms with Crippen molar-refractivity contribution in [2.24, 2.45) is 0 Å². The van der Waals surface area contributed by atoms with Crippen LogP contribution in [0.25, 0.3) is 0 Å². The topological polar surface area (TPSA) is 186 Å². The van der Waals surface area contributed by atoms with Crippen molar-refractivity contribution >= 4 is 29.6 Å². The molecule has 1 heterocycles. The maximum Gasteiger partial charge on any atom is 0.200 e. The molecule has 0 radical (unpaired) electrons. The van der Waals surface area contributed by atoms with E-state index in [2.05, 4.69) is 0 Å². The molecule has 1 aromatic carbocycles. The third kappa shape index (κ3) is 11.1. The molecule has 19 heteroatoms. The Labute approximate surface area is 262 Å². The van der Waals surface area contributed by atoms with Gasteiger partial charge in [-0.3, -0.25) is 19.6 Å². The number of rotatable bonds is 10. The maximum absolute atomic E-state index is 14.3. The molecule has 1 aromatic rings. The number of halogens is 5. The molecule has 232 valence electrons. The van der Waals surface area contributed by atoms with Crippen LogP contribution in [0.1, 0.15) is 0 Å². The average molecular weight is 739 g/mol. The Hall–Kier alpha value is -2.29. The summed E-state index contributed by atoms with van der Waals surface area (Å²) in [5.74, 6) is -18.4. The molecule has 0 amide bonds. The zero-order valence-corrected chi connectivity index (χ0v) is 23.4. The van der Waals surface area contributed by atoms with E-state index >= 15 is 0 Å². The minimum absolute atomic E-state index is 0. The van der Waals surface area contributed by atoms with Gasteiger partial charge in [-0.2, -0.15) is 0 Å². The summed E-state index contributed by atoms with van der Waals surface area (Å²) in [5.41, 5.74) is -1.66. The first-order valence-corrected chi connectivity index (χ1v) is 11.7. The molecule has 0 aliphatic carbocycles. The molecule has 2 rings (SSSR count). The molecule has 0 bridgehead atoms. The monoisotopic (exact) mass is 739 g/mol. The van der Waals surface area contributed by atoms with Gasteiger partial charge in [-0.25, -0.2) is 22.0 Å². The Bertz CT molecular complexity index is 1060. The van der Waals surface area contributed by atoms with E-state index in [4.69, 9.17) is 0 Å². The predicted octanol–water partition coefficient (Wildman–Crippen LogP) is -5.66. The second-order valence-corrected chi connectivity index (χ2v) is 8.79. The summed E-state index contributed by atoms with van der Waals surface area (Å²) in [6.45, 7) is -3.60. The Morgan fingerprint density at radius 2 is 0.878 bits per heavy atom. The Kier molecular flexibility index (Phi) is 15.2. The van der Waals surface area contributed by atoms with Gasteiger partial charge in [0.15, 0.2) is 23.3 Å². The number of carboxylic acid groups (broad SMARTS) is 4. The van der Waals surface area contributed by atoms with Crippen LogP contribution in [-0.2, 0) is 19.2 Å². The summed E-state index contributed by atoms with van der Waals surface area (Å²) in [6, 6.07) is 0. The number of benzene rings is 1. The second-order valence-electron chi connectivity index (χ2n) is 8.79. The molecule has 0 aromatic heterocycles. The smallest absolute Gasteiger partial charge is 0.200 e. The van der Waals surface area contributed by atoms with Gasteiger partial charge in [-0.05, 0) is 0 Å². The standard InChI is InChI=1S/C22H28F5N5O8.Gd/c23-15-16(24)18(26)20(19(27)17(15)25)28-21(22(39)40)32-7-5-30(10-13(35)36)3-1-29(9-12(33)34)2-4-31(6-8-32)11-14(37)38;/h21,28H,1-11H2,(H,33,34)(H,35,36)(H,37,38)(H,39,40);/p-4. The minimum atomic E-state index is -2.47. The first-order valence-electron chi connectivity index (χ1n) is 11.7. The Balaban J connectivity index is 0.00000840. The van der Waals surface area contributed by atoms with Crippen molar-refractivity contribution in [2.45, 2.75) is 6.17 Å². The molecule has 41 heavy (non-hydrogen) atoms. The van der Waals surface area contributed by atoms with Crippen LogP contribution in [-0.4, -0.2) is 122 Å².